The Morgan fingerprint density at radius 3 is 2.30 bits per heavy atom. The molecule has 1 fully saturated rings. The summed E-state index contributed by atoms with van der Waals surface area (Å²) in [6, 6.07) is 8.56. The fourth-order valence-electron chi connectivity index (χ4n) is 2.54. The molecule has 1 aliphatic rings. The van der Waals surface area contributed by atoms with Crippen LogP contribution in [-0.4, -0.2) is 48.4 Å². The molecular weight excluding hydrogens is 272 g/mol. The zero-order chi connectivity index (χ0) is 14.5. The second-order valence-corrected chi connectivity index (χ2v) is 5.90. The third kappa shape index (κ3) is 3.97. The Morgan fingerprint density at radius 1 is 1.20 bits per heavy atom. The third-order valence-electron chi connectivity index (χ3n) is 3.99. The van der Waals surface area contributed by atoms with E-state index in [2.05, 4.69) is 36.1 Å². The lowest BCUT2D eigenvalue weighted by atomic mass is 10.1. The summed E-state index contributed by atoms with van der Waals surface area (Å²) in [5, 5.41) is 0.0183. The second kappa shape index (κ2) is 7.09. The van der Waals surface area contributed by atoms with Crippen LogP contribution in [0.3, 0.4) is 0 Å². The molecule has 0 spiro atoms. The first kappa shape index (κ1) is 15.3. The fourth-order valence-corrected chi connectivity index (χ4v) is 2.88. The molecule has 20 heavy (non-hydrogen) atoms. The number of hydrogen-bond acceptors (Lipinski definition) is 2. The number of benzene rings is 1. The molecule has 0 saturated carbocycles. The van der Waals surface area contributed by atoms with Gasteiger partial charge in [-0.1, -0.05) is 31.2 Å². The predicted molar refractivity (Wildman–Crippen MR) is 83.1 cm³/mol. The molecule has 4 heteroatoms. The molecule has 0 bridgehead atoms. The maximum absolute atomic E-state index is 11.3. The molecule has 3 nitrogen and oxygen atoms in total. The molecule has 0 aliphatic carbocycles. The van der Waals surface area contributed by atoms with Gasteiger partial charge in [-0.2, -0.15) is 0 Å². The van der Waals surface area contributed by atoms with Crippen LogP contribution in [0, 0.1) is 0 Å². The highest BCUT2D eigenvalue weighted by atomic mass is 35.5. The van der Waals surface area contributed by atoms with E-state index in [-0.39, 0.29) is 11.3 Å². The van der Waals surface area contributed by atoms with Gasteiger partial charge in [0.25, 0.3) is 0 Å². The van der Waals surface area contributed by atoms with Crippen molar-refractivity contribution in [3.05, 3.63) is 35.4 Å². The average molecular weight is 295 g/mol. The van der Waals surface area contributed by atoms with E-state index in [1.807, 2.05) is 4.90 Å². The van der Waals surface area contributed by atoms with Crippen molar-refractivity contribution in [1.29, 1.82) is 0 Å². The minimum atomic E-state index is 0.0183. The number of piperazine rings is 1. The van der Waals surface area contributed by atoms with Crippen LogP contribution in [0.15, 0.2) is 24.3 Å². The van der Waals surface area contributed by atoms with Crippen molar-refractivity contribution >= 4 is 17.5 Å². The van der Waals surface area contributed by atoms with Gasteiger partial charge in [0.15, 0.2) is 0 Å². The Bertz CT molecular complexity index is 438. The zero-order valence-corrected chi connectivity index (χ0v) is 13.1. The second-order valence-electron chi connectivity index (χ2n) is 5.37. The van der Waals surface area contributed by atoms with E-state index < -0.39 is 0 Å². The maximum atomic E-state index is 11.3. The number of carbonyl (C=O) groups excluding carboxylic acids is 1. The lowest BCUT2D eigenvalue weighted by Gasteiger charge is -2.35. The molecule has 2 rings (SSSR count). The number of carbonyl (C=O) groups is 1. The molecule has 0 radical (unpaired) electrons. The first-order valence-electron chi connectivity index (χ1n) is 7.31. The Balaban J connectivity index is 1.85. The van der Waals surface area contributed by atoms with Crippen LogP contribution in [0.25, 0.3) is 0 Å². The van der Waals surface area contributed by atoms with Crippen molar-refractivity contribution in [2.75, 3.05) is 32.7 Å². The van der Waals surface area contributed by atoms with Crippen LogP contribution in [-0.2, 0) is 11.2 Å². The maximum Gasteiger partial charge on any atom is 0.219 e. The van der Waals surface area contributed by atoms with Gasteiger partial charge < -0.3 is 4.90 Å². The number of alkyl halides is 1. The van der Waals surface area contributed by atoms with Crippen molar-refractivity contribution in [2.45, 2.75) is 25.6 Å². The summed E-state index contributed by atoms with van der Waals surface area (Å²) in [4.78, 5) is 15.5. The molecule has 110 valence electrons. The average Bonchev–Trinajstić information content (AvgIpc) is 2.48. The molecule has 0 aromatic heterocycles. The number of rotatable bonds is 4. The Hall–Kier alpha value is -1.06. The summed E-state index contributed by atoms with van der Waals surface area (Å²) >= 11 is 6.51. The van der Waals surface area contributed by atoms with Crippen LogP contribution in [0.2, 0.25) is 0 Å². The summed E-state index contributed by atoms with van der Waals surface area (Å²) in [7, 11) is 0. The standard InChI is InChI=1S/C16H23ClN2O/c1-3-14-4-6-15(7-5-14)16(17)12-18-8-10-19(11-9-18)13(2)20/h4-7,16H,3,8-12H2,1-2H3. The largest absolute Gasteiger partial charge is 0.340 e. The van der Waals surface area contributed by atoms with E-state index in [0.29, 0.717) is 0 Å². The third-order valence-corrected chi connectivity index (χ3v) is 4.38. The van der Waals surface area contributed by atoms with Crippen LogP contribution >= 0.6 is 11.6 Å². The van der Waals surface area contributed by atoms with Crippen LogP contribution in [0.4, 0.5) is 0 Å². The van der Waals surface area contributed by atoms with Gasteiger partial charge in [-0.05, 0) is 17.5 Å². The summed E-state index contributed by atoms with van der Waals surface area (Å²) in [5.74, 6) is 0.169. The monoisotopic (exact) mass is 294 g/mol. The molecule has 1 heterocycles. The van der Waals surface area contributed by atoms with Crippen molar-refractivity contribution in [1.82, 2.24) is 9.80 Å². The van der Waals surface area contributed by atoms with Crippen molar-refractivity contribution in [3.63, 3.8) is 0 Å². The molecule has 1 aromatic carbocycles. The normalized spacial score (nSPS) is 18.1. The predicted octanol–water partition coefficient (Wildman–Crippen LogP) is 2.69. The molecule has 0 N–H and O–H groups in total. The topological polar surface area (TPSA) is 23.6 Å². The summed E-state index contributed by atoms with van der Waals surface area (Å²) in [6.45, 7) is 8.09. The Kier molecular flexibility index (Phi) is 5.44. The first-order valence-corrected chi connectivity index (χ1v) is 7.74. The van der Waals surface area contributed by atoms with Crippen molar-refractivity contribution in [2.24, 2.45) is 0 Å². The van der Waals surface area contributed by atoms with E-state index in [9.17, 15) is 4.79 Å². The van der Waals surface area contributed by atoms with E-state index in [4.69, 9.17) is 11.6 Å². The SMILES string of the molecule is CCc1ccc(C(Cl)CN2CCN(C(C)=O)CC2)cc1. The summed E-state index contributed by atoms with van der Waals surface area (Å²) in [6.07, 6.45) is 1.06. The van der Waals surface area contributed by atoms with Crippen molar-refractivity contribution < 1.29 is 4.79 Å². The lowest BCUT2D eigenvalue weighted by molar-refractivity contribution is -0.130. The van der Waals surface area contributed by atoms with Gasteiger partial charge in [0.2, 0.25) is 5.91 Å². The Labute approximate surface area is 126 Å². The summed E-state index contributed by atoms with van der Waals surface area (Å²) < 4.78 is 0. The van der Waals surface area contributed by atoms with Gasteiger partial charge in [0.05, 0.1) is 5.38 Å². The van der Waals surface area contributed by atoms with Gasteiger partial charge in [-0.25, -0.2) is 0 Å². The van der Waals surface area contributed by atoms with Crippen LogP contribution in [0.1, 0.15) is 30.4 Å². The van der Waals surface area contributed by atoms with Crippen LogP contribution in [0.5, 0.6) is 0 Å². The minimum absolute atomic E-state index is 0.0183. The number of amides is 1. The minimum Gasteiger partial charge on any atom is -0.340 e. The smallest absolute Gasteiger partial charge is 0.219 e. The van der Waals surface area contributed by atoms with E-state index in [1.54, 1.807) is 6.92 Å². The number of hydrogen-bond donors (Lipinski definition) is 0. The van der Waals surface area contributed by atoms with Gasteiger partial charge in [-0.15, -0.1) is 11.6 Å². The first-order chi connectivity index (χ1) is 9.60. The number of nitrogens with zero attached hydrogens (tertiary/aromatic N) is 2. The number of halogens is 1. The Morgan fingerprint density at radius 2 is 1.80 bits per heavy atom. The molecule has 1 aliphatic heterocycles. The van der Waals surface area contributed by atoms with Crippen molar-refractivity contribution in [3.8, 4) is 0 Å². The fraction of sp³-hybridized carbons (Fsp3) is 0.562. The highest BCUT2D eigenvalue weighted by Crippen LogP contribution is 2.22. The van der Waals surface area contributed by atoms with E-state index >= 15 is 0 Å². The molecule has 1 amide bonds. The number of aryl methyl sites for hydroxylation is 1. The molecule has 1 aromatic rings. The molecule has 1 unspecified atom stereocenters. The van der Waals surface area contributed by atoms with Gasteiger partial charge in [0.1, 0.15) is 0 Å². The van der Waals surface area contributed by atoms with E-state index in [1.165, 1.54) is 11.1 Å². The lowest BCUT2D eigenvalue weighted by Crippen LogP contribution is -2.48. The highest BCUT2D eigenvalue weighted by Gasteiger charge is 2.21. The molecule has 1 saturated heterocycles. The quantitative estimate of drug-likeness (QED) is 0.797. The van der Waals surface area contributed by atoms with Gasteiger partial charge in [-0.3, -0.25) is 9.69 Å². The highest BCUT2D eigenvalue weighted by molar-refractivity contribution is 6.21. The zero-order valence-electron chi connectivity index (χ0n) is 12.3. The summed E-state index contributed by atoms with van der Waals surface area (Å²) in [5.41, 5.74) is 2.52. The van der Waals surface area contributed by atoms with Gasteiger partial charge >= 0.3 is 0 Å². The van der Waals surface area contributed by atoms with Gasteiger partial charge in [0, 0.05) is 39.6 Å². The van der Waals surface area contributed by atoms with Crippen LogP contribution < -0.4 is 0 Å². The van der Waals surface area contributed by atoms with E-state index in [0.717, 1.165) is 39.1 Å². The molecule has 1 atom stereocenters. The molecular formula is C16H23ClN2O.